The number of hydrogen-bond donors (Lipinski definition) is 1. The summed E-state index contributed by atoms with van der Waals surface area (Å²) in [5.74, 6) is 1.02. The Labute approximate surface area is 125 Å². The van der Waals surface area contributed by atoms with Crippen molar-refractivity contribution in [3.63, 3.8) is 0 Å². The first-order valence-corrected chi connectivity index (χ1v) is 7.36. The van der Waals surface area contributed by atoms with Gasteiger partial charge in [0.05, 0.1) is 6.26 Å². The summed E-state index contributed by atoms with van der Waals surface area (Å²) in [5, 5.41) is 2.35. The third kappa shape index (κ3) is 3.83. The van der Waals surface area contributed by atoms with Gasteiger partial charge in [-0.15, -0.1) is 0 Å². The minimum atomic E-state index is 0.402. The number of nitrogens with two attached hydrogens (primary N) is 1. The van der Waals surface area contributed by atoms with Gasteiger partial charge in [0.1, 0.15) is 12.6 Å². The number of benzene rings is 2. The van der Waals surface area contributed by atoms with Crippen LogP contribution in [-0.2, 0) is 13.0 Å². The molecular weight excluding hydrogens is 258 g/mol. The van der Waals surface area contributed by atoms with Gasteiger partial charge in [-0.3, -0.25) is 0 Å². The maximum Gasteiger partial charge on any atom is 0.157 e. The zero-order valence-corrected chi connectivity index (χ0v) is 12.0. The second-order valence-corrected chi connectivity index (χ2v) is 5.23. The molecule has 1 aromatic heterocycles. The molecule has 0 saturated heterocycles. The van der Waals surface area contributed by atoms with Crippen molar-refractivity contribution in [1.29, 1.82) is 0 Å². The van der Waals surface area contributed by atoms with Gasteiger partial charge in [-0.1, -0.05) is 60.7 Å². The Morgan fingerprint density at radius 2 is 1.52 bits per heavy atom. The normalized spacial score (nSPS) is 12.2. The molecule has 2 aromatic carbocycles. The lowest BCUT2D eigenvalue weighted by atomic mass is 9.99. The average Bonchev–Trinajstić information content (AvgIpc) is 3.07. The summed E-state index contributed by atoms with van der Waals surface area (Å²) < 4.78 is 5.44. The summed E-state index contributed by atoms with van der Waals surface area (Å²) >= 11 is 0. The molecule has 0 aliphatic heterocycles. The fraction of sp³-hybridized carbons (Fsp3) is 0.158. The molecule has 2 heteroatoms. The molecule has 0 amide bonds. The highest BCUT2D eigenvalue weighted by Crippen LogP contribution is 2.15. The molecule has 3 rings (SSSR count). The van der Waals surface area contributed by atoms with Gasteiger partial charge in [0.25, 0.3) is 0 Å². The van der Waals surface area contributed by atoms with Gasteiger partial charge in [0.15, 0.2) is 5.76 Å². The van der Waals surface area contributed by atoms with Gasteiger partial charge in [-0.2, -0.15) is 0 Å². The van der Waals surface area contributed by atoms with E-state index in [1.807, 2.05) is 12.1 Å². The highest BCUT2D eigenvalue weighted by Gasteiger charge is 2.15. The molecule has 0 radical (unpaired) electrons. The molecule has 2 N–H and O–H groups in total. The van der Waals surface area contributed by atoms with Crippen LogP contribution in [0.15, 0.2) is 83.5 Å². The summed E-state index contributed by atoms with van der Waals surface area (Å²) in [6.45, 7) is 0.861. The maximum atomic E-state index is 5.44. The van der Waals surface area contributed by atoms with Crippen molar-refractivity contribution in [2.75, 3.05) is 0 Å². The third-order valence-electron chi connectivity index (χ3n) is 3.71. The fourth-order valence-corrected chi connectivity index (χ4v) is 2.59. The molecule has 1 heterocycles. The van der Waals surface area contributed by atoms with Gasteiger partial charge < -0.3 is 9.73 Å². The van der Waals surface area contributed by atoms with Crippen LogP contribution >= 0.6 is 0 Å². The molecule has 0 spiro atoms. The highest BCUT2D eigenvalue weighted by molar-refractivity contribution is 5.22. The molecular formula is C19H20NO+. The Morgan fingerprint density at radius 3 is 2.19 bits per heavy atom. The number of furan rings is 1. The standard InChI is InChI=1S/C19H19NO/c1-3-8-16(9-4-1)14-19(17-10-5-2-6-11-17)20-15-18-12-7-13-21-18/h1-13,19-20H,14-15H2/p+1/t19-/m1/s1. The van der Waals surface area contributed by atoms with E-state index in [-0.39, 0.29) is 0 Å². The Morgan fingerprint density at radius 1 is 0.810 bits per heavy atom. The Bertz CT molecular complexity index is 632. The van der Waals surface area contributed by atoms with Crippen LogP contribution in [0.2, 0.25) is 0 Å². The van der Waals surface area contributed by atoms with Crippen molar-refractivity contribution in [2.24, 2.45) is 0 Å². The summed E-state index contributed by atoms with van der Waals surface area (Å²) in [6.07, 6.45) is 2.75. The van der Waals surface area contributed by atoms with E-state index < -0.39 is 0 Å². The lowest BCUT2D eigenvalue weighted by Crippen LogP contribution is -2.84. The fourth-order valence-electron chi connectivity index (χ4n) is 2.59. The summed E-state index contributed by atoms with van der Waals surface area (Å²) in [6, 6.07) is 25.7. The van der Waals surface area contributed by atoms with E-state index >= 15 is 0 Å². The molecule has 21 heavy (non-hydrogen) atoms. The molecule has 106 valence electrons. The molecule has 0 aliphatic carbocycles. The van der Waals surface area contributed by atoms with E-state index in [1.165, 1.54) is 11.1 Å². The van der Waals surface area contributed by atoms with Crippen molar-refractivity contribution in [1.82, 2.24) is 0 Å². The van der Waals surface area contributed by atoms with Crippen LogP contribution in [0.5, 0.6) is 0 Å². The van der Waals surface area contributed by atoms with Gasteiger partial charge in [-0.25, -0.2) is 0 Å². The van der Waals surface area contributed by atoms with Crippen molar-refractivity contribution in [2.45, 2.75) is 19.0 Å². The second kappa shape index (κ2) is 6.91. The van der Waals surface area contributed by atoms with Crippen LogP contribution < -0.4 is 5.32 Å². The van der Waals surface area contributed by atoms with Gasteiger partial charge in [-0.05, 0) is 17.7 Å². The van der Waals surface area contributed by atoms with Gasteiger partial charge >= 0.3 is 0 Å². The first-order valence-electron chi connectivity index (χ1n) is 7.36. The van der Waals surface area contributed by atoms with E-state index in [1.54, 1.807) is 6.26 Å². The first-order chi connectivity index (χ1) is 10.4. The van der Waals surface area contributed by atoms with E-state index in [0.717, 1.165) is 18.7 Å². The smallest absolute Gasteiger partial charge is 0.157 e. The maximum absolute atomic E-state index is 5.44. The van der Waals surface area contributed by atoms with Crippen molar-refractivity contribution in [3.8, 4) is 0 Å². The molecule has 0 bridgehead atoms. The molecule has 2 nitrogen and oxygen atoms in total. The van der Waals surface area contributed by atoms with Gasteiger partial charge in [0, 0.05) is 12.0 Å². The lowest BCUT2D eigenvalue weighted by molar-refractivity contribution is -0.712. The molecule has 0 fully saturated rings. The van der Waals surface area contributed by atoms with Crippen molar-refractivity contribution < 1.29 is 9.73 Å². The van der Waals surface area contributed by atoms with Crippen LogP contribution in [0, 0.1) is 0 Å². The monoisotopic (exact) mass is 278 g/mol. The van der Waals surface area contributed by atoms with Crippen molar-refractivity contribution in [3.05, 3.63) is 95.9 Å². The molecule has 1 atom stereocenters. The summed E-state index contributed by atoms with van der Waals surface area (Å²) in [4.78, 5) is 0. The quantitative estimate of drug-likeness (QED) is 0.736. The minimum absolute atomic E-state index is 0.402. The summed E-state index contributed by atoms with van der Waals surface area (Å²) in [7, 11) is 0. The highest BCUT2D eigenvalue weighted by atomic mass is 16.3. The first kappa shape index (κ1) is 13.7. The molecule has 0 aliphatic rings. The number of hydrogen-bond acceptors (Lipinski definition) is 1. The largest absolute Gasteiger partial charge is 0.463 e. The van der Waals surface area contributed by atoms with E-state index in [0.29, 0.717) is 6.04 Å². The Hall–Kier alpha value is -2.32. The summed E-state index contributed by atoms with van der Waals surface area (Å²) in [5.41, 5.74) is 2.72. The lowest BCUT2D eigenvalue weighted by Gasteiger charge is -2.15. The molecule has 0 saturated carbocycles. The van der Waals surface area contributed by atoms with Crippen LogP contribution in [0.1, 0.15) is 22.9 Å². The Balaban J connectivity index is 1.74. The topological polar surface area (TPSA) is 29.8 Å². The van der Waals surface area contributed by atoms with Crippen molar-refractivity contribution >= 4 is 0 Å². The SMILES string of the molecule is c1ccc(C[C@@H]([NH2+]Cc2ccco2)c2ccccc2)cc1. The second-order valence-electron chi connectivity index (χ2n) is 5.23. The predicted octanol–water partition coefficient (Wildman–Crippen LogP) is 3.33. The molecule has 0 unspecified atom stereocenters. The zero-order valence-electron chi connectivity index (χ0n) is 12.0. The van der Waals surface area contributed by atoms with E-state index in [4.69, 9.17) is 4.42 Å². The third-order valence-corrected chi connectivity index (χ3v) is 3.71. The Kier molecular flexibility index (Phi) is 4.49. The number of rotatable bonds is 6. The van der Waals surface area contributed by atoms with Crippen LogP contribution in [0.3, 0.4) is 0 Å². The average molecular weight is 278 g/mol. The molecule has 3 aromatic rings. The zero-order chi connectivity index (χ0) is 14.3. The van der Waals surface area contributed by atoms with Gasteiger partial charge in [0.2, 0.25) is 0 Å². The van der Waals surface area contributed by atoms with Crippen LogP contribution in [0.4, 0.5) is 0 Å². The van der Waals surface area contributed by atoms with Crippen LogP contribution in [-0.4, -0.2) is 0 Å². The van der Waals surface area contributed by atoms with E-state index in [9.17, 15) is 0 Å². The van der Waals surface area contributed by atoms with Crippen LogP contribution in [0.25, 0.3) is 0 Å². The predicted molar refractivity (Wildman–Crippen MR) is 83.7 cm³/mol. The minimum Gasteiger partial charge on any atom is -0.463 e. The number of quaternary nitrogens is 1. The van der Waals surface area contributed by atoms with E-state index in [2.05, 4.69) is 66.0 Å².